The van der Waals surface area contributed by atoms with Crippen molar-refractivity contribution in [2.24, 2.45) is 0 Å². The summed E-state index contributed by atoms with van der Waals surface area (Å²) >= 11 is 0. The van der Waals surface area contributed by atoms with Crippen LogP contribution in [-0.2, 0) is 4.74 Å². The maximum absolute atomic E-state index is 11.8. The molecule has 0 aliphatic carbocycles. The largest absolute Gasteiger partial charge is 0.491 e. The molecule has 0 amide bonds. The molecule has 0 unspecified atom stereocenters. The van der Waals surface area contributed by atoms with E-state index in [0.29, 0.717) is 23.6 Å². The Morgan fingerprint density at radius 1 is 1.39 bits per heavy atom. The van der Waals surface area contributed by atoms with Gasteiger partial charge in [0.15, 0.2) is 0 Å². The van der Waals surface area contributed by atoms with E-state index in [1.165, 1.54) is 0 Å². The van der Waals surface area contributed by atoms with Crippen molar-refractivity contribution in [1.29, 1.82) is 0 Å². The summed E-state index contributed by atoms with van der Waals surface area (Å²) in [6.07, 6.45) is 1.84. The Morgan fingerprint density at radius 2 is 2.11 bits per heavy atom. The van der Waals surface area contributed by atoms with Gasteiger partial charge in [0.05, 0.1) is 24.0 Å². The molecule has 4 nitrogen and oxygen atoms in total. The number of anilines is 1. The van der Waals surface area contributed by atoms with Crippen LogP contribution in [0.25, 0.3) is 0 Å². The van der Waals surface area contributed by atoms with Crippen molar-refractivity contribution in [2.45, 2.75) is 39.7 Å². The first-order valence-corrected chi connectivity index (χ1v) is 6.28. The van der Waals surface area contributed by atoms with Crippen LogP contribution in [0.5, 0.6) is 5.75 Å². The van der Waals surface area contributed by atoms with Gasteiger partial charge in [-0.2, -0.15) is 0 Å². The first-order chi connectivity index (χ1) is 8.56. The van der Waals surface area contributed by atoms with Gasteiger partial charge in [0.2, 0.25) is 0 Å². The zero-order chi connectivity index (χ0) is 13.5. The monoisotopic (exact) mass is 251 g/mol. The quantitative estimate of drug-likeness (QED) is 0.479. The number of nitrogen functional groups attached to an aromatic ring is 1. The second kappa shape index (κ2) is 6.89. The first kappa shape index (κ1) is 14.4. The third kappa shape index (κ3) is 3.95. The van der Waals surface area contributed by atoms with Gasteiger partial charge in [-0.15, -0.1) is 0 Å². The number of rotatable bonds is 6. The normalized spacial score (nSPS) is 10.4. The second-order valence-electron chi connectivity index (χ2n) is 4.37. The third-order valence-corrected chi connectivity index (χ3v) is 2.38. The van der Waals surface area contributed by atoms with Crippen LogP contribution in [0.3, 0.4) is 0 Å². The minimum absolute atomic E-state index is 0.165. The maximum Gasteiger partial charge on any atom is 0.340 e. The van der Waals surface area contributed by atoms with E-state index < -0.39 is 5.97 Å². The standard InChI is InChI=1S/C14H21NO3/c1-4-5-9-17-12-8-6-7-11(13(12)15)14(16)18-10(2)3/h6-8,10H,4-5,9,15H2,1-3H3. The van der Waals surface area contributed by atoms with Gasteiger partial charge in [-0.3, -0.25) is 0 Å². The van der Waals surface area contributed by atoms with Gasteiger partial charge < -0.3 is 15.2 Å². The van der Waals surface area contributed by atoms with Gasteiger partial charge in [0.1, 0.15) is 5.75 Å². The summed E-state index contributed by atoms with van der Waals surface area (Å²) in [6, 6.07) is 5.15. The zero-order valence-corrected chi connectivity index (χ0v) is 11.2. The number of hydrogen-bond donors (Lipinski definition) is 1. The van der Waals surface area contributed by atoms with Crippen molar-refractivity contribution in [2.75, 3.05) is 12.3 Å². The fourth-order valence-corrected chi connectivity index (χ4v) is 1.45. The highest BCUT2D eigenvalue weighted by Crippen LogP contribution is 2.26. The molecule has 2 N–H and O–H groups in total. The number of para-hydroxylation sites is 1. The topological polar surface area (TPSA) is 61.5 Å². The molecule has 0 aromatic heterocycles. The van der Waals surface area contributed by atoms with Crippen LogP contribution >= 0.6 is 0 Å². The van der Waals surface area contributed by atoms with Gasteiger partial charge in [0, 0.05) is 0 Å². The molecule has 0 saturated carbocycles. The minimum Gasteiger partial charge on any atom is -0.491 e. The smallest absolute Gasteiger partial charge is 0.340 e. The molecule has 1 aromatic carbocycles. The Bertz CT molecular complexity index is 402. The first-order valence-electron chi connectivity index (χ1n) is 6.28. The fourth-order valence-electron chi connectivity index (χ4n) is 1.45. The highest BCUT2D eigenvalue weighted by Gasteiger charge is 2.15. The van der Waals surface area contributed by atoms with Crippen LogP contribution in [0.15, 0.2) is 18.2 Å². The molecule has 0 aliphatic heterocycles. The fraction of sp³-hybridized carbons (Fsp3) is 0.500. The van der Waals surface area contributed by atoms with Crippen molar-refractivity contribution in [1.82, 2.24) is 0 Å². The SMILES string of the molecule is CCCCOc1cccc(C(=O)OC(C)C)c1N. The van der Waals surface area contributed by atoms with Crippen LogP contribution in [-0.4, -0.2) is 18.7 Å². The molecular weight excluding hydrogens is 230 g/mol. The summed E-state index contributed by atoms with van der Waals surface area (Å²) in [4.78, 5) is 11.8. The molecule has 4 heteroatoms. The Morgan fingerprint density at radius 3 is 2.72 bits per heavy atom. The average molecular weight is 251 g/mol. The van der Waals surface area contributed by atoms with E-state index in [1.807, 2.05) is 0 Å². The summed E-state index contributed by atoms with van der Waals surface area (Å²) in [5.74, 6) is 0.130. The molecule has 1 aromatic rings. The van der Waals surface area contributed by atoms with Crippen molar-refractivity contribution in [3.63, 3.8) is 0 Å². The molecule has 0 spiro atoms. The van der Waals surface area contributed by atoms with E-state index >= 15 is 0 Å². The molecule has 0 saturated heterocycles. The number of hydrogen-bond acceptors (Lipinski definition) is 4. The molecule has 0 radical (unpaired) electrons. The summed E-state index contributed by atoms with van der Waals surface area (Å²) < 4.78 is 10.7. The number of benzene rings is 1. The Hall–Kier alpha value is -1.71. The van der Waals surface area contributed by atoms with Crippen molar-refractivity contribution < 1.29 is 14.3 Å². The number of carbonyl (C=O) groups excluding carboxylic acids is 1. The maximum atomic E-state index is 11.8. The van der Waals surface area contributed by atoms with E-state index in [2.05, 4.69) is 6.92 Å². The summed E-state index contributed by atoms with van der Waals surface area (Å²) in [5.41, 5.74) is 6.62. The minimum atomic E-state index is -0.413. The van der Waals surface area contributed by atoms with Crippen LogP contribution in [0.4, 0.5) is 5.69 Å². The zero-order valence-electron chi connectivity index (χ0n) is 11.2. The molecule has 0 atom stereocenters. The van der Waals surface area contributed by atoms with Gasteiger partial charge >= 0.3 is 5.97 Å². The van der Waals surface area contributed by atoms with Crippen molar-refractivity contribution in [3.05, 3.63) is 23.8 Å². The van der Waals surface area contributed by atoms with E-state index in [9.17, 15) is 4.79 Å². The van der Waals surface area contributed by atoms with Crippen molar-refractivity contribution in [3.8, 4) is 5.75 Å². The lowest BCUT2D eigenvalue weighted by Crippen LogP contribution is -2.14. The molecule has 18 heavy (non-hydrogen) atoms. The summed E-state index contributed by atoms with van der Waals surface area (Å²) in [7, 11) is 0. The van der Waals surface area contributed by atoms with Gasteiger partial charge in [-0.25, -0.2) is 4.79 Å². The lowest BCUT2D eigenvalue weighted by Gasteiger charge is -2.13. The molecule has 1 rings (SSSR count). The Kier molecular flexibility index (Phi) is 5.49. The van der Waals surface area contributed by atoms with Crippen LogP contribution in [0, 0.1) is 0 Å². The molecule has 0 aliphatic rings. The Balaban J connectivity index is 2.81. The highest BCUT2D eigenvalue weighted by atomic mass is 16.5. The molecule has 0 bridgehead atoms. The molecule has 100 valence electrons. The lowest BCUT2D eigenvalue weighted by molar-refractivity contribution is 0.0379. The van der Waals surface area contributed by atoms with Gasteiger partial charge in [0.25, 0.3) is 0 Å². The van der Waals surface area contributed by atoms with Crippen molar-refractivity contribution >= 4 is 11.7 Å². The average Bonchev–Trinajstić information content (AvgIpc) is 2.30. The van der Waals surface area contributed by atoms with Crippen LogP contribution in [0.2, 0.25) is 0 Å². The number of ether oxygens (including phenoxy) is 2. The lowest BCUT2D eigenvalue weighted by atomic mass is 10.1. The van der Waals surface area contributed by atoms with E-state index in [-0.39, 0.29) is 6.10 Å². The van der Waals surface area contributed by atoms with Gasteiger partial charge in [-0.05, 0) is 32.4 Å². The van der Waals surface area contributed by atoms with E-state index in [0.717, 1.165) is 12.8 Å². The Labute approximate surface area is 108 Å². The molecular formula is C14H21NO3. The molecule has 0 fully saturated rings. The van der Waals surface area contributed by atoms with E-state index in [1.54, 1.807) is 32.0 Å². The number of esters is 1. The second-order valence-corrected chi connectivity index (χ2v) is 4.37. The van der Waals surface area contributed by atoms with Crippen LogP contribution in [0.1, 0.15) is 44.0 Å². The summed E-state index contributed by atoms with van der Waals surface area (Å²) in [6.45, 7) is 6.29. The van der Waals surface area contributed by atoms with Crippen LogP contribution < -0.4 is 10.5 Å². The third-order valence-electron chi connectivity index (χ3n) is 2.38. The molecule has 0 heterocycles. The highest BCUT2D eigenvalue weighted by molar-refractivity contribution is 5.96. The summed E-state index contributed by atoms with van der Waals surface area (Å²) in [5, 5.41) is 0. The number of carbonyl (C=O) groups is 1. The predicted molar refractivity (Wildman–Crippen MR) is 71.8 cm³/mol. The number of unbranched alkanes of at least 4 members (excludes halogenated alkanes) is 1. The number of nitrogens with two attached hydrogens (primary N) is 1. The predicted octanol–water partition coefficient (Wildman–Crippen LogP) is 3.01. The van der Waals surface area contributed by atoms with Gasteiger partial charge in [-0.1, -0.05) is 19.4 Å². The van der Waals surface area contributed by atoms with E-state index in [4.69, 9.17) is 15.2 Å².